The number of pyridine rings is 1. The van der Waals surface area contributed by atoms with Gasteiger partial charge in [0, 0.05) is 6.20 Å². The largest absolute Gasteiger partial charge is 0.398 e. The van der Waals surface area contributed by atoms with Crippen LogP contribution in [0.2, 0.25) is 10.2 Å². The summed E-state index contributed by atoms with van der Waals surface area (Å²) in [5.41, 5.74) is 5.86. The van der Waals surface area contributed by atoms with Crippen molar-refractivity contribution in [3.63, 3.8) is 0 Å². The van der Waals surface area contributed by atoms with Gasteiger partial charge in [-0.05, 0) is 24.3 Å². The molecule has 0 aliphatic rings. The van der Waals surface area contributed by atoms with E-state index in [1.807, 2.05) is 0 Å². The topological polar surface area (TPSA) is 85.1 Å². The van der Waals surface area contributed by atoms with E-state index in [0.29, 0.717) is 0 Å². The molecule has 5 nitrogen and oxygen atoms in total. The molecular formula is C11H9Cl2N3O2S. The van der Waals surface area contributed by atoms with E-state index in [4.69, 9.17) is 28.9 Å². The first kappa shape index (κ1) is 13.9. The van der Waals surface area contributed by atoms with E-state index in [1.54, 1.807) is 12.1 Å². The summed E-state index contributed by atoms with van der Waals surface area (Å²) in [5.74, 6) is 0. The summed E-state index contributed by atoms with van der Waals surface area (Å²) in [7, 11) is -3.93. The molecule has 8 heteroatoms. The first-order chi connectivity index (χ1) is 8.92. The lowest BCUT2D eigenvalue weighted by atomic mass is 10.3. The highest BCUT2D eigenvalue weighted by Crippen LogP contribution is 2.30. The third-order valence-corrected chi connectivity index (χ3v) is 4.48. The molecule has 2 aromatic rings. The number of anilines is 2. The summed E-state index contributed by atoms with van der Waals surface area (Å²) < 4.78 is 26.8. The number of nitrogens with two attached hydrogens (primary N) is 1. The summed E-state index contributed by atoms with van der Waals surface area (Å²) in [6, 6.07) is 7.50. The van der Waals surface area contributed by atoms with Crippen LogP contribution in [0.5, 0.6) is 0 Å². The molecule has 0 fully saturated rings. The van der Waals surface area contributed by atoms with Crippen LogP contribution in [0, 0.1) is 0 Å². The second-order valence-corrected chi connectivity index (χ2v) is 5.99. The average Bonchev–Trinajstić information content (AvgIpc) is 2.31. The standard InChI is InChI=1S/C11H9Cl2N3O2S/c12-7-3-1-4-8(14)10(7)19(17,18)16-9-5-2-6-15-11(9)13/h1-6,16H,14H2. The van der Waals surface area contributed by atoms with Crippen molar-refractivity contribution in [1.82, 2.24) is 4.98 Å². The molecular weight excluding hydrogens is 309 g/mol. The monoisotopic (exact) mass is 317 g/mol. The van der Waals surface area contributed by atoms with Crippen molar-refractivity contribution in [2.24, 2.45) is 0 Å². The minimum Gasteiger partial charge on any atom is -0.398 e. The van der Waals surface area contributed by atoms with Gasteiger partial charge in [0.05, 0.1) is 16.4 Å². The highest BCUT2D eigenvalue weighted by molar-refractivity contribution is 7.93. The smallest absolute Gasteiger partial charge is 0.265 e. The van der Waals surface area contributed by atoms with Crippen molar-refractivity contribution >= 4 is 44.6 Å². The first-order valence-corrected chi connectivity index (χ1v) is 7.33. The van der Waals surface area contributed by atoms with Crippen molar-refractivity contribution in [1.29, 1.82) is 0 Å². The van der Waals surface area contributed by atoms with Gasteiger partial charge in [0.25, 0.3) is 10.0 Å². The number of benzene rings is 1. The minimum atomic E-state index is -3.93. The molecule has 1 heterocycles. The highest BCUT2D eigenvalue weighted by atomic mass is 35.5. The van der Waals surface area contributed by atoms with Gasteiger partial charge in [-0.15, -0.1) is 0 Å². The number of nitrogens with zero attached hydrogens (tertiary/aromatic N) is 1. The molecule has 1 aromatic carbocycles. The Balaban J connectivity index is 2.47. The van der Waals surface area contributed by atoms with Crippen LogP contribution in [0.1, 0.15) is 0 Å². The fourth-order valence-electron chi connectivity index (χ4n) is 1.47. The Hall–Kier alpha value is -1.50. The molecule has 0 unspecified atom stereocenters. The molecule has 0 bridgehead atoms. The third kappa shape index (κ3) is 2.91. The third-order valence-electron chi connectivity index (χ3n) is 2.27. The van der Waals surface area contributed by atoms with Crippen molar-refractivity contribution in [2.75, 3.05) is 10.5 Å². The van der Waals surface area contributed by atoms with Crippen LogP contribution in [0.3, 0.4) is 0 Å². The van der Waals surface area contributed by atoms with Crippen molar-refractivity contribution in [2.45, 2.75) is 4.90 Å². The second-order valence-electron chi connectivity index (χ2n) is 3.61. The SMILES string of the molecule is Nc1cccc(Cl)c1S(=O)(=O)Nc1cccnc1Cl. The van der Waals surface area contributed by atoms with Crippen LogP contribution >= 0.6 is 23.2 Å². The number of aromatic nitrogens is 1. The van der Waals surface area contributed by atoms with Gasteiger partial charge in [0.2, 0.25) is 0 Å². The lowest BCUT2D eigenvalue weighted by Gasteiger charge is -2.11. The summed E-state index contributed by atoms with van der Waals surface area (Å²) in [6.45, 7) is 0. The van der Waals surface area contributed by atoms with Gasteiger partial charge < -0.3 is 5.73 Å². The van der Waals surface area contributed by atoms with E-state index in [1.165, 1.54) is 24.4 Å². The lowest BCUT2D eigenvalue weighted by Crippen LogP contribution is -2.15. The van der Waals surface area contributed by atoms with Crippen molar-refractivity contribution in [3.8, 4) is 0 Å². The number of rotatable bonds is 3. The molecule has 2 rings (SSSR count). The summed E-state index contributed by atoms with van der Waals surface area (Å²) in [5, 5.41) is 0.0733. The normalized spacial score (nSPS) is 11.3. The summed E-state index contributed by atoms with van der Waals surface area (Å²) >= 11 is 11.7. The molecule has 0 spiro atoms. The Bertz CT molecular complexity index is 699. The number of halogens is 2. The Morgan fingerprint density at radius 3 is 2.53 bits per heavy atom. The van der Waals surface area contributed by atoms with Crippen LogP contribution in [0.25, 0.3) is 0 Å². The molecule has 0 radical (unpaired) electrons. The Kier molecular flexibility index (Phi) is 3.84. The lowest BCUT2D eigenvalue weighted by molar-refractivity contribution is 0.601. The molecule has 0 saturated heterocycles. The van der Waals surface area contributed by atoms with E-state index in [0.717, 1.165) is 0 Å². The van der Waals surface area contributed by atoms with E-state index in [-0.39, 0.29) is 26.4 Å². The number of nitrogens with one attached hydrogen (secondary N) is 1. The van der Waals surface area contributed by atoms with Gasteiger partial charge in [0.15, 0.2) is 5.15 Å². The van der Waals surface area contributed by atoms with Crippen LogP contribution < -0.4 is 10.5 Å². The maximum atomic E-state index is 12.2. The molecule has 0 aliphatic heterocycles. The molecule has 0 atom stereocenters. The predicted molar refractivity (Wildman–Crippen MR) is 75.9 cm³/mol. The molecule has 100 valence electrons. The zero-order valence-electron chi connectivity index (χ0n) is 9.47. The number of hydrogen-bond donors (Lipinski definition) is 2. The molecule has 3 N–H and O–H groups in total. The maximum Gasteiger partial charge on any atom is 0.265 e. The Morgan fingerprint density at radius 2 is 1.89 bits per heavy atom. The minimum absolute atomic E-state index is 0.0347. The van der Waals surface area contributed by atoms with Crippen LogP contribution in [-0.2, 0) is 10.0 Å². The molecule has 19 heavy (non-hydrogen) atoms. The molecule has 1 aromatic heterocycles. The fraction of sp³-hybridized carbons (Fsp3) is 0. The van der Waals surface area contributed by atoms with E-state index in [9.17, 15) is 8.42 Å². The van der Waals surface area contributed by atoms with Gasteiger partial charge in [-0.2, -0.15) is 0 Å². The van der Waals surface area contributed by atoms with Crippen LogP contribution in [-0.4, -0.2) is 13.4 Å². The highest BCUT2D eigenvalue weighted by Gasteiger charge is 2.22. The predicted octanol–water partition coefficient (Wildman–Crippen LogP) is 2.77. The molecule has 0 amide bonds. The van der Waals surface area contributed by atoms with Gasteiger partial charge >= 0.3 is 0 Å². The molecule has 0 saturated carbocycles. The van der Waals surface area contributed by atoms with Crippen LogP contribution in [0.15, 0.2) is 41.4 Å². The van der Waals surface area contributed by atoms with Gasteiger partial charge in [-0.3, -0.25) is 4.72 Å². The average molecular weight is 318 g/mol. The zero-order valence-corrected chi connectivity index (χ0v) is 11.8. The summed E-state index contributed by atoms with van der Waals surface area (Å²) in [6.07, 6.45) is 1.45. The number of sulfonamides is 1. The van der Waals surface area contributed by atoms with E-state index < -0.39 is 10.0 Å². The quantitative estimate of drug-likeness (QED) is 0.673. The molecule has 0 aliphatic carbocycles. The zero-order chi connectivity index (χ0) is 14.0. The van der Waals surface area contributed by atoms with Crippen LogP contribution in [0.4, 0.5) is 11.4 Å². The first-order valence-electron chi connectivity index (χ1n) is 5.09. The van der Waals surface area contributed by atoms with Gasteiger partial charge in [0.1, 0.15) is 4.90 Å². The van der Waals surface area contributed by atoms with Gasteiger partial charge in [-0.1, -0.05) is 29.3 Å². The fourth-order valence-corrected chi connectivity index (χ4v) is 3.44. The maximum absolute atomic E-state index is 12.2. The Morgan fingerprint density at radius 1 is 1.16 bits per heavy atom. The number of hydrogen-bond acceptors (Lipinski definition) is 4. The van der Waals surface area contributed by atoms with Crippen molar-refractivity contribution < 1.29 is 8.42 Å². The van der Waals surface area contributed by atoms with E-state index in [2.05, 4.69) is 9.71 Å². The van der Waals surface area contributed by atoms with Gasteiger partial charge in [-0.25, -0.2) is 13.4 Å². The van der Waals surface area contributed by atoms with E-state index >= 15 is 0 Å². The number of nitrogen functional groups attached to an aromatic ring is 1. The Labute approximate surface area is 120 Å². The second kappa shape index (κ2) is 5.24. The van der Waals surface area contributed by atoms with Crippen molar-refractivity contribution in [3.05, 3.63) is 46.7 Å². The summed E-state index contributed by atoms with van der Waals surface area (Å²) in [4.78, 5) is 3.59.